The van der Waals surface area contributed by atoms with Crippen molar-refractivity contribution in [1.82, 2.24) is 0 Å². The molecule has 1 aromatic rings. The van der Waals surface area contributed by atoms with Gasteiger partial charge in [0.05, 0.1) is 17.7 Å². The zero-order valence-electron chi connectivity index (χ0n) is 13.0. The van der Waals surface area contributed by atoms with Crippen LogP contribution in [0.3, 0.4) is 0 Å². The van der Waals surface area contributed by atoms with E-state index in [1.807, 2.05) is 0 Å². The van der Waals surface area contributed by atoms with Gasteiger partial charge in [-0.3, -0.25) is 9.59 Å². The molecule has 124 valence electrons. The second-order valence-corrected chi connectivity index (χ2v) is 6.47. The standard InChI is InChI=1S/C17H21FN2O3/c18-13-10-12(5-6-14(13)20-9-3-4-16(20)22)19-15(21)11-17(23)7-1-2-8-17/h5-6,10,23H,1-4,7-9,11H2,(H,19,21). The number of hydrogen-bond acceptors (Lipinski definition) is 3. The maximum atomic E-state index is 14.2. The minimum absolute atomic E-state index is 0.0288. The number of benzene rings is 1. The molecule has 6 heteroatoms. The Bertz CT molecular complexity index is 626. The molecule has 2 aliphatic rings. The Balaban J connectivity index is 1.66. The Hall–Kier alpha value is -1.95. The van der Waals surface area contributed by atoms with Crippen molar-refractivity contribution < 1.29 is 19.1 Å². The van der Waals surface area contributed by atoms with Crippen LogP contribution in [0.25, 0.3) is 0 Å². The second-order valence-electron chi connectivity index (χ2n) is 6.47. The van der Waals surface area contributed by atoms with Crippen molar-refractivity contribution in [3.63, 3.8) is 0 Å². The summed E-state index contributed by atoms with van der Waals surface area (Å²) in [5.41, 5.74) is -0.339. The number of anilines is 2. The summed E-state index contributed by atoms with van der Waals surface area (Å²) in [4.78, 5) is 25.1. The number of aliphatic hydroxyl groups is 1. The first-order valence-corrected chi connectivity index (χ1v) is 8.09. The molecule has 1 saturated heterocycles. The number of carbonyl (C=O) groups is 2. The van der Waals surface area contributed by atoms with Crippen LogP contribution in [0.4, 0.5) is 15.8 Å². The topological polar surface area (TPSA) is 69.6 Å². The molecular weight excluding hydrogens is 299 g/mol. The molecule has 23 heavy (non-hydrogen) atoms. The van der Waals surface area contributed by atoms with Crippen LogP contribution < -0.4 is 10.2 Å². The normalized spacial score (nSPS) is 20.1. The molecule has 1 heterocycles. The molecule has 0 aromatic heterocycles. The molecule has 2 fully saturated rings. The van der Waals surface area contributed by atoms with E-state index in [0.717, 1.165) is 19.3 Å². The monoisotopic (exact) mass is 320 g/mol. The van der Waals surface area contributed by atoms with E-state index in [0.29, 0.717) is 31.5 Å². The van der Waals surface area contributed by atoms with E-state index >= 15 is 0 Å². The number of rotatable bonds is 4. The van der Waals surface area contributed by atoms with Crippen molar-refractivity contribution in [2.75, 3.05) is 16.8 Å². The van der Waals surface area contributed by atoms with E-state index in [1.54, 1.807) is 6.07 Å². The highest BCUT2D eigenvalue weighted by Crippen LogP contribution is 2.33. The van der Waals surface area contributed by atoms with Gasteiger partial charge in [0, 0.05) is 18.7 Å². The van der Waals surface area contributed by atoms with Crippen LogP contribution in [-0.2, 0) is 9.59 Å². The van der Waals surface area contributed by atoms with E-state index in [4.69, 9.17) is 0 Å². The average molecular weight is 320 g/mol. The van der Waals surface area contributed by atoms with Crippen LogP contribution in [0.2, 0.25) is 0 Å². The van der Waals surface area contributed by atoms with E-state index in [9.17, 15) is 19.1 Å². The molecule has 0 spiro atoms. The number of nitrogens with one attached hydrogen (secondary N) is 1. The van der Waals surface area contributed by atoms with Crippen LogP contribution in [0.15, 0.2) is 18.2 Å². The molecule has 3 rings (SSSR count). The lowest BCUT2D eigenvalue weighted by Crippen LogP contribution is -2.30. The van der Waals surface area contributed by atoms with Gasteiger partial charge in [0.15, 0.2) is 0 Å². The van der Waals surface area contributed by atoms with Crippen LogP contribution in [0, 0.1) is 5.82 Å². The first kappa shape index (κ1) is 15.9. The molecule has 1 saturated carbocycles. The fourth-order valence-corrected chi connectivity index (χ4v) is 3.42. The molecular formula is C17H21FN2O3. The minimum atomic E-state index is -0.926. The molecule has 0 bridgehead atoms. The van der Waals surface area contributed by atoms with Crippen molar-refractivity contribution in [2.45, 2.75) is 50.5 Å². The molecule has 1 aliphatic heterocycles. The van der Waals surface area contributed by atoms with Crippen LogP contribution in [0.5, 0.6) is 0 Å². The molecule has 0 radical (unpaired) electrons. The average Bonchev–Trinajstić information content (AvgIpc) is 3.08. The van der Waals surface area contributed by atoms with E-state index in [-0.39, 0.29) is 23.9 Å². The Kier molecular flexibility index (Phi) is 4.35. The highest BCUT2D eigenvalue weighted by atomic mass is 19.1. The first-order chi connectivity index (χ1) is 11.0. The summed E-state index contributed by atoms with van der Waals surface area (Å²) in [6, 6.07) is 4.32. The fraction of sp³-hybridized carbons (Fsp3) is 0.529. The largest absolute Gasteiger partial charge is 0.389 e. The van der Waals surface area contributed by atoms with Gasteiger partial charge in [-0.05, 0) is 37.5 Å². The second kappa shape index (κ2) is 6.28. The zero-order valence-corrected chi connectivity index (χ0v) is 13.0. The van der Waals surface area contributed by atoms with Gasteiger partial charge in [-0.15, -0.1) is 0 Å². The van der Waals surface area contributed by atoms with Gasteiger partial charge in [0.1, 0.15) is 5.82 Å². The quantitative estimate of drug-likeness (QED) is 0.896. The van der Waals surface area contributed by atoms with Gasteiger partial charge in [0.2, 0.25) is 11.8 Å². The molecule has 1 aliphatic carbocycles. The van der Waals surface area contributed by atoms with Gasteiger partial charge in [-0.25, -0.2) is 4.39 Å². The third kappa shape index (κ3) is 3.52. The summed E-state index contributed by atoms with van der Waals surface area (Å²) in [6.07, 6.45) is 4.32. The van der Waals surface area contributed by atoms with E-state index in [1.165, 1.54) is 17.0 Å². The summed E-state index contributed by atoms with van der Waals surface area (Å²) in [7, 11) is 0. The SMILES string of the molecule is O=C(CC1(O)CCCC1)Nc1ccc(N2CCCC2=O)c(F)c1. The molecule has 2 N–H and O–H groups in total. The predicted octanol–water partition coefficient (Wildman–Crippen LogP) is 2.59. The predicted molar refractivity (Wildman–Crippen MR) is 84.7 cm³/mol. The first-order valence-electron chi connectivity index (χ1n) is 8.09. The van der Waals surface area contributed by atoms with Crippen molar-refractivity contribution in [2.24, 2.45) is 0 Å². The van der Waals surface area contributed by atoms with Crippen molar-refractivity contribution in [1.29, 1.82) is 0 Å². The number of halogens is 1. The maximum Gasteiger partial charge on any atom is 0.227 e. The van der Waals surface area contributed by atoms with Crippen molar-refractivity contribution in [3.05, 3.63) is 24.0 Å². The Labute approximate surface area is 134 Å². The van der Waals surface area contributed by atoms with Crippen LogP contribution in [0.1, 0.15) is 44.9 Å². The Morgan fingerprint density at radius 3 is 2.65 bits per heavy atom. The number of hydrogen-bond donors (Lipinski definition) is 2. The number of nitrogens with zero attached hydrogens (tertiary/aromatic N) is 1. The lowest BCUT2D eigenvalue weighted by atomic mass is 9.97. The van der Waals surface area contributed by atoms with Gasteiger partial charge in [-0.1, -0.05) is 12.8 Å². The zero-order chi connectivity index (χ0) is 16.4. The minimum Gasteiger partial charge on any atom is -0.389 e. The summed E-state index contributed by atoms with van der Waals surface area (Å²) in [5.74, 6) is -0.930. The number of carbonyl (C=O) groups excluding carboxylic acids is 2. The van der Waals surface area contributed by atoms with E-state index < -0.39 is 11.4 Å². The van der Waals surface area contributed by atoms with Gasteiger partial charge >= 0.3 is 0 Å². The molecule has 0 atom stereocenters. The van der Waals surface area contributed by atoms with Crippen molar-refractivity contribution in [3.8, 4) is 0 Å². The Morgan fingerprint density at radius 1 is 1.30 bits per heavy atom. The summed E-state index contributed by atoms with van der Waals surface area (Å²) >= 11 is 0. The third-order valence-corrected chi connectivity index (χ3v) is 4.62. The molecule has 5 nitrogen and oxygen atoms in total. The molecule has 0 unspecified atom stereocenters. The van der Waals surface area contributed by atoms with Crippen LogP contribution >= 0.6 is 0 Å². The van der Waals surface area contributed by atoms with Gasteiger partial charge < -0.3 is 15.3 Å². The fourth-order valence-electron chi connectivity index (χ4n) is 3.42. The van der Waals surface area contributed by atoms with Crippen LogP contribution in [-0.4, -0.2) is 29.1 Å². The summed E-state index contributed by atoms with van der Waals surface area (Å²) in [5, 5.41) is 12.9. The molecule has 1 aromatic carbocycles. The smallest absolute Gasteiger partial charge is 0.227 e. The maximum absolute atomic E-state index is 14.2. The highest BCUT2D eigenvalue weighted by Gasteiger charge is 2.33. The highest BCUT2D eigenvalue weighted by molar-refractivity contribution is 5.96. The Morgan fingerprint density at radius 2 is 2.04 bits per heavy atom. The van der Waals surface area contributed by atoms with Gasteiger partial charge in [-0.2, -0.15) is 0 Å². The summed E-state index contributed by atoms with van der Waals surface area (Å²) in [6.45, 7) is 0.522. The van der Waals surface area contributed by atoms with Crippen molar-refractivity contribution >= 4 is 23.2 Å². The number of amides is 2. The lowest BCUT2D eigenvalue weighted by molar-refractivity contribution is -0.121. The van der Waals surface area contributed by atoms with E-state index in [2.05, 4.69) is 5.32 Å². The summed E-state index contributed by atoms with van der Waals surface area (Å²) < 4.78 is 14.2. The van der Waals surface area contributed by atoms with Gasteiger partial charge in [0.25, 0.3) is 0 Å². The lowest BCUT2D eigenvalue weighted by Gasteiger charge is -2.21. The third-order valence-electron chi connectivity index (χ3n) is 4.62. The molecule has 2 amide bonds.